The van der Waals surface area contributed by atoms with Gasteiger partial charge >= 0.3 is 6.18 Å². The van der Waals surface area contributed by atoms with E-state index in [1.807, 2.05) is 0 Å². The number of anilines is 1. The summed E-state index contributed by atoms with van der Waals surface area (Å²) in [5.74, 6) is -2.10. The Morgan fingerprint density at radius 3 is 2.41 bits per heavy atom. The second kappa shape index (κ2) is 8.52. The van der Waals surface area contributed by atoms with Crippen LogP contribution < -0.4 is 11.1 Å². The number of nitrogens with two attached hydrogens (primary N) is 1. The van der Waals surface area contributed by atoms with Crippen LogP contribution in [-0.4, -0.2) is 26.6 Å². The van der Waals surface area contributed by atoms with Crippen molar-refractivity contribution in [1.29, 1.82) is 0 Å². The van der Waals surface area contributed by atoms with Gasteiger partial charge in [0, 0.05) is 11.6 Å². The normalized spacial score (nSPS) is 12.6. The van der Waals surface area contributed by atoms with Crippen molar-refractivity contribution in [3.05, 3.63) is 64.7 Å². The Hall–Kier alpha value is -3.80. The van der Waals surface area contributed by atoms with Crippen molar-refractivity contribution < 1.29 is 27.2 Å². The van der Waals surface area contributed by atoms with Crippen LogP contribution in [-0.2, 0) is 11.0 Å². The number of benzene rings is 1. The van der Waals surface area contributed by atoms with E-state index in [-0.39, 0.29) is 31.9 Å². The maximum Gasteiger partial charge on any atom is 0.433 e. The average Bonchev–Trinajstić information content (AvgIpc) is 3.36. The van der Waals surface area contributed by atoms with Gasteiger partial charge in [-0.2, -0.15) is 18.3 Å². The predicted molar refractivity (Wildman–Crippen MR) is 119 cm³/mol. The van der Waals surface area contributed by atoms with E-state index in [1.165, 1.54) is 16.8 Å². The number of amides is 2. The van der Waals surface area contributed by atoms with E-state index in [0.717, 1.165) is 18.2 Å². The number of aromatic nitrogens is 3. The number of thiophene rings is 1. The standard InChI is InChI=1S/C22H17F4N5O2S/c1-10-7-8-31(30-10)11(2)20(33)29-17-16-14(12-3-5-13(23)6-4-12)9-15(22(24,25)26)28-21(16)34-18(17)19(27)32/h3-9,11H,1-2H3,(H2,27,32)(H,29,33). The lowest BCUT2D eigenvalue weighted by molar-refractivity contribution is -0.140. The van der Waals surface area contributed by atoms with E-state index < -0.39 is 35.5 Å². The van der Waals surface area contributed by atoms with Gasteiger partial charge in [-0.05, 0) is 49.2 Å². The molecule has 0 fully saturated rings. The molecule has 12 heteroatoms. The zero-order valence-electron chi connectivity index (χ0n) is 17.8. The zero-order chi connectivity index (χ0) is 24.8. The third kappa shape index (κ3) is 4.36. The Kier molecular flexibility index (Phi) is 5.86. The number of alkyl halides is 3. The Labute approximate surface area is 194 Å². The molecule has 0 aliphatic heterocycles. The molecule has 7 nitrogen and oxygen atoms in total. The highest BCUT2D eigenvalue weighted by atomic mass is 32.1. The van der Waals surface area contributed by atoms with Crippen molar-refractivity contribution in [3.63, 3.8) is 0 Å². The van der Waals surface area contributed by atoms with Gasteiger partial charge in [-0.1, -0.05) is 12.1 Å². The van der Waals surface area contributed by atoms with Gasteiger partial charge in [0.05, 0.1) is 11.4 Å². The second-order valence-electron chi connectivity index (χ2n) is 7.51. The highest BCUT2D eigenvalue weighted by Gasteiger charge is 2.35. The molecule has 0 aliphatic carbocycles. The van der Waals surface area contributed by atoms with Crippen molar-refractivity contribution in [2.75, 3.05) is 5.32 Å². The van der Waals surface area contributed by atoms with Crippen molar-refractivity contribution in [2.24, 2.45) is 5.73 Å². The van der Waals surface area contributed by atoms with Crippen LogP contribution in [0.3, 0.4) is 0 Å². The number of fused-ring (bicyclic) bond motifs is 1. The molecular weight excluding hydrogens is 474 g/mol. The first kappa shape index (κ1) is 23.4. The topological polar surface area (TPSA) is 103 Å². The lowest BCUT2D eigenvalue weighted by Gasteiger charge is -2.15. The number of primary amides is 1. The highest BCUT2D eigenvalue weighted by molar-refractivity contribution is 7.21. The molecule has 1 unspecified atom stereocenters. The van der Waals surface area contributed by atoms with E-state index >= 15 is 0 Å². The van der Waals surface area contributed by atoms with E-state index in [2.05, 4.69) is 15.4 Å². The number of halogens is 4. The molecule has 3 N–H and O–H groups in total. The van der Waals surface area contributed by atoms with E-state index in [0.29, 0.717) is 17.0 Å². The summed E-state index contributed by atoms with van der Waals surface area (Å²) >= 11 is 0.631. The smallest absolute Gasteiger partial charge is 0.365 e. The monoisotopic (exact) mass is 491 g/mol. The summed E-state index contributed by atoms with van der Waals surface area (Å²) in [6, 6.07) is 6.48. The molecule has 34 heavy (non-hydrogen) atoms. The summed E-state index contributed by atoms with van der Waals surface area (Å²) < 4.78 is 55.6. The van der Waals surface area contributed by atoms with Gasteiger partial charge in [0.1, 0.15) is 27.3 Å². The lowest BCUT2D eigenvalue weighted by atomic mass is 10.0. The van der Waals surface area contributed by atoms with Crippen molar-refractivity contribution in [2.45, 2.75) is 26.1 Å². The van der Waals surface area contributed by atoms with Crippen LogP contribution in [0.2, 0.25) is 0 Å². The maximum absolute atomic E-state index is 13.6. The number of rotatable bonds is 5. The molecule has 1 atom stereocenters. The number of nitrogens with one attached hydrogen (secondary N) is 1. The number of carbonyl (C=O) groups is 2. The molecule has 0 bridgehead atoms. The van der Waals surface area contributed by atoms with Crippen LogP contribution in [0.15, 0.2) is 42.6 Å². The molecule has 0 saturated heterocycles. The van der Waals surface area contributed by atoms with Gasteiger partial charge in [0.2, 0.25) is 5.91 Å². The molecule has 0 aliphatic rings. The number of aryl methyl sites for hydroxylation is 1. The van der Waals surface area contributed by atoms with Gasteiger partial charge in [0.25, 0.3) is 5.91 Å². The van der Waals surface area contributed by atoms with Gasteiger partial charge in [-0.3, -0.25) is 14.3 Å². The molecule has 3 heterocycles. The first-order valence-corrected chi connectivity index (χ1v) is 10.7. The Bertz CT molecular complexity index is 1410. The first-order valence-electron chi connectivity index (χ1n) is 9.89. The summed E-state index contributed by atoms with van der Waals surface area (Å²) in [5, 5.41) is 6.90. The molecule has 3 aromatic heterocycles. The van der Waals surface area contributed by atoms with Crippen LogP contribution >= 0.6 is 11.3 Å². The van der Waals surface area contributed by atoms with E-state index in [9.17, 15) is 27.2 Å². The third-order valence-corrected chi connectivity index (χ3v) is 6.20. The second-order valence-corrected chi connectivity index (χ2v) is 8.51. The number of hydrogen-bond acceptors (Lipinski definition) is 5. The summed E-state index contributed by atoms with van der Waals surface area (Å²) in [4.78, 5) is 28.5. The molecule has 0 radical (unpaired) electrons. The third-order valence-electron chi connectivity index (χ3n) is 5.10. The van der Waals surface area contributed by atoms with Gasteiger partial charge in [-0.25, -0.2) is 9.37 Å². The van der Waals surface area contributed by atoms with Crippen LogP contribution in [0, 0.1) is 12.7 Å². The fourth-order valence-corrected chi connectivity index (χ4v) is 4.40. The summed E-state index contributed by atoms with van der Waals surface area (Å²) in [7, 11) is 0. The largest absolute Gasteiger partial charge is 0.433 e. The van der Waals surface area contributed by atoms with Crippen LogP contribution in [0.4, 0.5) is 23.2 Å². The first-order chi connectivity index (χ1) is 16.0. The van der Waals surface area contributed by atoms with Crippen LogP contribution in [0.1, 0.15) is 34.0 Å². The van der Waals surface area contributed by atoms with Crippen LogP contribution in [0.5, 0.6) is 0 Å². The number of pyridine rings is 1. The summed E-state index contributed by atoms with van der Waals surface area (Å²) in [5.41, 5.74) is 5.15. The Balaban J connectivity index is 1.93. The van der Waals surface area contributed by atoms with Crippen LogP contribution in [0.25, 0.3) is 21.3 Å². The lowest BCUT2D eigenvalue weighted by Crippen LogP contribution is -2.25. The molecule has 2 amide bonds. The summed E-state index contributed by atoms with van der Waals surface area (Å²) in [6.07, 6.45) is -3.18. The summed E-state index contributed by atoms with van der Waals surface area (Å²) in [6.45, 7) is 3.32. The van der Waals surface area contributed by atoms with Gasteiger partial charge in [0.15, 0.2) is 0 Å². The fourth-order valence-electron chi connectivity index (χ4n) is 3.39. The number of hydrogen-bond donors (Lipinski definition) is 2. The molecular formula is C22H17F4N5O2S. The Morgan fingerprint density at radius 1 is 1.18 bits per heavy atom. The van der Waals surface area contributed by atoms with Crippen molar-refractivity contribution >= 4 is 39.1 Å². The Morgan fingerprint density at radius 2 is 1.85 bits per heavy atom. The molecule has 176 valence electrons. The molecule has 4 rings (SSSR count). The maximum atomic E-state index is 13.6. The van der Waals surface area contributed by atoms with E-state index in [4.69, 9.17) is 5.73 Å². The fraction of sp³-hybridized carbons (Fsp3) is 0.182. The molecule has 4 aromatic rings. The minimum atomic E-state index is -4.78. The minimum absolute atomic E-state index is 0.0129. The highest BCUT2D eigenvalue weighted by Crippen LogP contribution is 2.43. The van der Waals surface area contributed by atoms with E-state index in [1.54, 1.807) is 26.1 Å². The molecule has 0 saturated carbocycles. The van der Waals surface area contributed by atoms with Crippen molar-refractivity contribution in [3.8, 4) is 11.1 Å². The quantitative estimate of drug-likeness (QED) is 0.387. The number of nitrogens with zero attached hydrogens (tertiary/aromatic N) is 3. The predicted octanol–water partition coefficient (Wildman–Crippen LogP) is 4.92. The zero-order valence-corrected chi connectivity index (χ0v) is 18.6. The number of carbonyl (C=O) groups excluding carboxylic acids is 2. The van der Waals surface area contributed by atoms with Gasteiger partial charge < -0.3 is 11.1 Å². The van der Waals surface area contributed by atoms with Crippen molar-refractivity contribution in [1.82, 2.24) is 14.8 Å². The molecule has 1 aromatic carbocycles. The average molecular weight is 491 g/mol. The molecule has 0 spiro atoms. The van der Waals surface area contributed by atoms with Gasteiger partial charge in [-0.15, -0.1) is 11.3 Å². The minimum Gasteiger partial charge on any atom is -0.365 e. The SMILES string of the molecule is Cc1ccn(C(C)C(=O)Nc2c(C(N)=O)sc3nc(C(F)(F)F)cc(-c4ccc(F)cc4)c23)n1.